The van der Waals surface area contributed by atoms with Gasteiger partial charge < -0.3 is 9.47 Å². The van der Waals surface area contributed by atoms with E-state index in [0.29, 0.717) is 17.8 Å². The van der Waals surface area contributed by atoms with Gasteiger partial charge in [-0.3, -0.25) is 0 Å². The van der Waals surface area contributed by atoms with Gasteiger partial charge in [0.1, 0.15) is 5.75 Å². The lowest BCUT2D eigenvalue weighted by Crippen LogP contribution is -2.26. The minimum Gasteiger partial charge on any atom is -0.465 e. The fourth-order valence-electron chi connectivity index (χ4n) is 4.73. The average Bonchev–Trinajstić information content (AvgIpc) is 2.75. The molecule has 1 aliphatic carbocycles. The molecule has 1 fully saturated rings. The average molecular weight is 409 g/mol. The first-order valence-corrected chi connectivity index (χ1v) is 12.0. The molecule has 0 saturated heterocycles. The van der Waals surface area contributed by atoms with Crippen molar-refractivity contribution in [3.8, 4) is 5.75 Å². The number of benzene rings is 2. The number of ether oxygens (including phenoxy) is 2. The molecule has 0 heterocycles. The monoisotopic (exact) mass is 408 g/mol. The van der Waals surface area contributed by atoms with Gasteiger partial charge in [-0.2, -0.15) is 0 Å². The maximum absolute atomic E-state index is 6.45. The quantitative estimate of drug-likeness (QED) is 0.368. The summed E-state index contributed by atoms with van der Waals surface area (Å²) in [4.78, 5) is 0. The van der Waals surface area contributed by atoms with Gasteiger partial charge in [-0.1, -0.05) is 95.3 Å². The van der Waals surface area contributed by atoms with Gasteiger partial charge in [-0.05, 0) is 54.4 Å². The predicted octanol–water partition coefficient (Wildman–Crippen LogP) is 8.29. The second-order valence-electron chi connectivity index (χ2n) is 9.58. The van der Waals surface area contributed by atoms with Gasteiger partial charge in [0.05, 0.1) is 6.10 Å². The van der Waals surface area contributed by atoms with E-state index in [2.05, 4.69) is 76.2 Å². The second kappa shape index (κ2) is 11.6. The summed E-state index contributed by atoms with van der Waals surface area (Å²) in [5, 5.41) is 0. The van der Waals surface area contributed by atoms with E-state index in [0.717, 1.165) is 12.2 Å². The van der Waals surface area contributed by atoms with E-state index in [1.165, 1.54) is 49.7 Å². The van der Waals surface area contributed by atoms with Gasteiger partial charge in [0.15, 0.2) is 0 Å². The highest BCUT2D eigenvalue weighted by molar-refractivity contribution is 5.29. The lowest BCUT2D eigenvalue weighted by Gasteiger charge is -2.29. The highest BCUT2D eigenvalue weighted by Gasteiger charge is 2.23. The fourth-order valence-corrected chi connectivity index (χ4v) is 4.73. The Labute approximate surface area is 184 Å². The summed E-state index contributed by atoms with van der Waals surface area (Å²) < 4.78 is 12.9. The SMILES string of the molecule is CC(C)CC(C)c1ccc(OC(CC2CCCCC2)OC(C)c2ccccc2)cc1. The van der Waals surface area contributed by atoms with Crippen molar-refractivity contribution < 1.29 is 9.47 Å². The normalized spacial score (nSPS) is 18.2. The Hall–Kier alpha value is -1.80. The minimum absolute atomic E-state index is 0.0186. The lowest BCUT2D eigenvalue weighted by atomic mass is 9.87. The van der Waals surface area contributed by atoms with E-state index in [1.807, 2.05) is 6.07 Å². The van der Waals surface area contributed by atoms with E-state index in [4.69, 9.17) is 9.47 Å². The van der Waals surface area contributed by atoms with Crippen molar-refractivity contribution >= 4 is 0 Å². The zero-order valence-corrected chi connectivity index (χ0v) is 19.3. The third kappa shape index (κ3) is 7.16. The van der Waals surface area contributed by atoms with Crippen molar-refractivity contribution in [1.29, 1.82) is 0 Å². The third-order valence-electron chi connectivity index (χ3n) is 6.42. The molecule has 0 N–H and O–H groups in total. The zero-order valence-electron chi connectivity index (χ0n) is 19.3. The number of rotatable bonds is 10. The summed E-state index contributed by atoms with van der Waals surface area (Å²) in [5.41, 5.74) is 2.59. The van der Waals surface area contributed by atoms with Gasteiger partial charge in [0.2, 0.25) is 6.29 Å². The molecule has 1 aliphatic rings. The van der Waals surface area contributed by atoms with Crippen molar-refractivity contribution in [1.82, 2.24) is 0 Å². The molecule has 0 aromatic heterocycles. The molecule has 3 atom stereocenters. The standard InChI is InChI=1S/C28H40O2/c1-21(2)19-22(3)25-15-17-27(18-16-25)30-28(20-24-11-7-5-8-12-24)29-23(4)26-13-9-6-10-14-26/h6,9-10,13-18,21-24,28H,5,7-8,11-12,19-20H2,1-4H3. The molecule has 2 aromatic carbocycles. The van der Waals surface area contributed by atoms with Crippen LogP contribution in [0.4, 0.5) is 0 Å². The Balaban J connectivity index is 1.66. The maximum Gasteiger partial charge on any atom is 0.200 e. The molecule has 0 amide bonds. The van der Waals surface area contributed by atoms with Crippen LogP contribution in [0.3, 0.4) is 0 Å². The first-order valence-electron chi connectivity index (χ1n) is 12.0. The van der Waals surface area contributed by atoms with E-state index >= 15 is 0 Å². The molecule has 2 aromatic rings. The molecule has 0 bridgehead atoms. The van der Waals surface area contributed by atoms with Gasteiger partial charge in [0.25, 0.3) is 0 Å². The van der Waals surface area contributed by atoms with Crippen molar-refractivity contribution in [2.45, 2.75) is 91.0 Å². The maximum atomic E-state index is 6.45. The van der Waals surface area contributed by atoms with Crippen LogP contribution in [0.25, 0.3) is 0 Å². The highest BCUT2D eigenvalue weighted by atomic mass is 16.7. The fraction of sp³-hybridized carbons (Fsp3) is 0.571. The van der Waals surface area contributed by atoms with Crippen LogP contribution < -0.4 is 4.74 Å². The van der Waals surface area contributed by atoms with Crippen LogP contribution in [0.5, 0.6) is 5.75 Å². The molecule has 3 unspecified atom stereocenters. The van der Waals surface area contributed by atoms with E-state index < -0.39 is 0 Å². The van der Waals surface area contributed by atoms with Crippen molar-refractivity contribution in [2.75, 3.05) is 0 Å². The van der Waals surface area contributed by atoms with Crippen molar-refractivity contribution in [2.24, 2.45) is 11.8 Å². The smallest absolute Gasteiger partial charge is 0.200 e. The Morgan fingerprint density at radius 3 is 2.10 bits per heavy atom. The van der Waals surface area contributed by atoms with Gasteiger partial charge in [-0.15, -0.1) is 0 Å². The molecule has 2 heteroatoms. The van der Waals surface area contributed by atoms with Crippen LogP contribution in [0.1, 0.15) is 95.8 Å². The molecule has 1 saturated carbocycles. The van der Waals surface area contributed by atoms with Gasteiger partial charge in [0, 0.05) is 6.42 Å². The molecular weight excluding hydrogens is 368 g/mol. The van der Waals surface area contributed by atoms with E-state index in [1.54, 1.807) is 0 Å². The summed E-state index contributed by atoms with van der Waals surface area (Å²) in [5.74, 6) is 2.91. The summed E-state index contributed by atoms with van der Waals surface area (Å²) in [6.07, 6.45) is 8.66. The highest BCUT2D eigenvalue weighted by Crippen LogP contribution is 2.32. The van der Waals surface area contributed by atoms with Crippen LogP contribution in [-0.2, 0) is 4.74 Å². The Bertz CT molecular complexity index is 716. The molecule has 3 rings (SSSR count). The molecule has 0 spiro atoms. The summed E-state index contributed by atoms with van der Waals surface area (Å²) >= 11 is 0. The van der Waals surface area contributed by atoms with Crippen LogP contribution in [0, 0.1) is 11.8 Å². The second-order valence-corrected chi connectivity index (χ2v) is 9.58. The van der Waals surface area contributed by atoms with Crippen LogP contribution in [0.15, 0.2) is 54.6 Å². The van der Waals surface area contributed by atoms with Crippen molar-refractivity contribution in [3.05, 3.63) is 65.7 Å². The van der Waals surface area contributed by atoms with Gasteiger partial charge in [-0.25, -0.2) is 0 Å². The minimum atomic E-state index is -0.206. The molecular formula is C28H40O2. The topological polar surface area (TPSA) is 18.5 Å². The Kier molecular flexibility index (Phi) is 8.81. The van der Waals surface area contributed by atoms with E-state index in [-0.39, 0.29) is 12.4 Å². The summed E-state index contributed by atoms with van der Waals surface area (Å²) in [6.45, 7) is 9.01. The lowest BCUT2D eigenvalue weighted by molar-refractivity contribution is -0.127. The molecule has 0 radical (unpaired) electrons. The van der Waals surface area contributed by atoms with Crippen LogP contribution in [-0.4, -0.2) is 6.29 Å². The molecule has 30 heavy (non-hydrogen) atoms. The zero-order chi connectivity index (χ0) is 21.3. The largest absolute Gasteiger partial charge is 0.465 e. The Morgan fingerprint density at radius 2 is 1.47 bits per heavy atom. The Morgan fingerprint density at radius 1 is 0.800 bits per heavy atom. The summed E-state index contributed by atoms with van der Waals surface area (Å²) in [6, 6.07) is 19.1. The van der Waals surface area contributed by atoms with E-state index in [9.17, 15) is 0 Å². The third-order valence-corrected chi connectivity index (χ3v) is 6.42. The first-order chi connectivity index (χ1) is 14.5. The number of hydrogen-bond acceptors (Lipinski definition) is 2. The van der Waals surface area contributed by atoms with Crippen LogP contribution in [0.2, 0.25) is 0 Å². The number of hydrogen-bond donors (Lipinski definition) is 0. The summed E-state index contributed by atoms with van der Waals surface area (Å²) in [7, 11) is 0. The van der Waals surface area contributed by atoms with Crippen LogP contribution >= 0.6 is 0 Å². The molecule has 2 nitrogen and oxygen atoms in total. The first kappa shape index (κ1) is 22.9. The van der Waals surface area contributed by atoms with Crippen molar-refractivity contribution in [3.63, 3.8) is 0 Å². The molecule has 0 aliphatic heterocycles. The van der Waals surface area contributed by atoms with Gasteiger partial charge >= 0.3 is 0 Å². The predicted molar refractivity (Wildman–Crippen MR) is 126 cm³/mol. The molecule has 164 valence electrons.